The minimum Gasteiger partial charge on any atom is -0.497 e. The first-order valence-electron chi connectivity index (χ1n) is 8.20. The van der Waals surface area contributed by atoms with E-state index in [4.69, 9.17) is 21.7 Å². The van der Waals surface area contributed by atoms with Gasteiger partial charge in [-0.2, -0.15) is 0 Å². The summed E-state index contributed by atoms with van der Waals surface area (Å²) in [5, 5.41) is 10.5. The molecule has 8 heteroatoms. The smallest absolute Gasteiger partial charge is 0.264 e. The lowest BCUT2D eigenvalue weighted by Crippen LogP contribution is -2.20. The Morgan fingerprint density at radius 2 is 1.92 bits per heavy atom. The van der Waals surface area contributed by atoms with Crippen LogP contribution >= 0.6 is 12.2 Å². The van der Waals surface area contributed by atoms with Crippen molar-refractivity contribution >= 4 is 18.4 Å². The molecule has 0 radical (unpaired) electrons. The highest BCUT2D eigenvalue weighted by Crippen LogP contribution is 2.23. The van der Waals surface area contributed by atoms with Gasteiger partial charge in [0.2, 0.25) is 5.88 Å². The van der Waals surface area contributed by atoms with Crippen molar-refractivity contribution in [3.8, 4) is 17.4 Å². The molecule has 2 rings (SSSR count). The summed E-state index contributed by atoms with van der Waals surface area (Å²) in [7, 11) is 3.15. The van der Waals surface area contributed by atoms with Crippen molar-refractivity contribution in [3.63, 3.8) is 0 Å². The van der Waals surface area contributed by atoms with E-state index in [-0.39, 0.29) is 22.3 Å². The van der Waals surface area contributed by atoms with Gasteiger partial charge >= 0.3 is 0 Å². The van der Waals surface area contributed by atoms with Gasteiger partial charge < -0.3 is 14.6 Å². The van der Waals surface area contributed by atoms with Gasteiger partial charge in [-0.15, -0.1) is 0 Å². The molecule has 0 spiro atoms. The largest absolute Gasteiger partial charge is 0.497 e. The van der Waals surface area contributed by atoms with Crippen LogP contribution in [0.4, 0.5) is 0 Å². The standard InChI is InChI=1S/C18H23N3O4S/c1-5-11(2)21-17(23)15(16(22)20-18(21)26)10-19-9-12-6-13(24-3)8-14(7-12)25-4/h6-8,10-11,23H,5,9H2,1-4H3,(H,20,22,26)/t11-/m0/s1. The quantitative estimate of drug-likeness (QED) is 0.571. The maximum atomic E-state index is 12.1. The number of methoxy groups -OCH3 is 2. The third-order valence-corrected chi connectivity index (χ3v) is 4.39. The summed E-state index contributed by atoms with van der Waals surface area (Å²) in [6.07, 6.45) is 2.11. The van der Waals surface area contributed by atoms with Crippen LogP contribution in [0.15, 0.2) is 28.0 Å². The molecule has 140 valence electrons. The highest BCUT2D eigenvalue weighted by atomic mass is 32.1. The number of aromatic amines is 1. The van der Waals surface area contributed by atoms with Crippen LogP contribution in [0.2, 0.25) is 0 Å². The second-order valence-corrected chi connectivity index (χ2v) is 6.20. The summed E-state index contributed by atoms with van der Waals surface area (Å²) in [5.74, 6) is 1.13. The molecule has 0 aliphatic rings. The van der Waals surface area contributed by atoms with E-state index >= 15 is 0 Å². The van der Waals surface area contributed by atoms with Gasteiger partial charge in [-0.05, 0) is 43.3 Å². The maximum Gasteiger partial charge on any atom is 0.264 e. The van der Waals surface area contributed by atoms with E-state index in [1.165, 1.54) is 10.8 Å². The van der Waals surface area contributed by atoms with E-state index < -0.39 is 5.56 Å². The van der Waals surface area contributed by atoms with Gasteiger partial charge in [0.05, 0.1) is 20.8 Å². The molecule has 0 aliphatic heterocycles. The monoisotopic (exact) mass is 377 g/mol. The first-order valence-corrected chi connectivity index (χ1v) is 8.61. The average Bonchev–Trinajstić information content (AvgIpc) is 2.63. The fourth-order valence-electron chi connectivity index (χ4n) is 2.46. The molecule has 26 heavy (non-hydrogen) atoms. The Morgan fingerprint density at radius 1 is 1.31 bits per heavy atom. The Bertz CT molecular complexity index is 895. The van der Waals surface area contributed by atoms with Gasteiger partial charge in [0.1, 0.15) is 17.1 Å². The van der Waals surface area contributed by atoms with Crippen LogP contribution in [0.1, 0.15) is 37.4 Å². The Labute approximate surface area is 156 Å². The molecular formula is C18H23N3O4S. The molecule has 0 fully saturated rings. The molecule has 0 unspecified atom stereocenters. The zero-order chi connectivity index (χ0) is 19.3. The first-order chi connectivity index (χ1) is 12.4. The molecule has 2 aromatic rings. The fraction of sp³-hybridized carbons (Fsp3) is 0.389. The molecular weight excluding hydrogens is 354 g/mol. The number of aliphatic imine (C=N–C) groups is 1. The van der Waals surface area contributed by atoms with Gasteiger partial charge in [0.25, 0.3) is 5.56 Å². The second kappa shape index (κ2) is 8.66. The summed E-state index contributed by atoms with van der Waals surface area (Å²) < 4.78 is 12.2. The first kappa shape index (κ1) is 19.7. The molecule has 1 atom stereocenters. The van der Waals surface area contributed by atoms with E-state index in [2.05, 4.69) is 9.98 Å². The summed E-state index contributed by atoms with van der Waals surface area (Å²) in [6, 6.07) is 5.38. The minimum absolute atomic E-state index is 0.0471. The van der Waals surface area contributed by atoms with Crippen LogP contribution in [-0.2, 0) is 6.54 Å². The van der Waals surface area contributed by atoms with Crippen molar-refractivity contribution in [2.75, 3.05) is 14.2 Å². The highest BCUT2D eigenvalue weighted by Gasteiger charge is 2.14. The van der Waals surface area contributed by atoms with Gasteiger partial charge in [0.15, 0.2) is 4.77 Å². The molecule has 0 amide bonds. The predicted octanol–water partition coefficient (Wildman–Crippen LogP) is 3.22. The Morgan fingerprint density at radius 3 is 2.46 bits per heavy atom. The molecule has 7 nitrogen and oxygen atoms in total. The van der Waals surface area contributed by atoms with Crippen molar-refractivity contribution in [3.05, 3.63) is 44.5 Å². The molecule has 1 heterocycles. The Balaban J connectivity index is 2.34. The van der Waals surface area contributed by atoms with E-state index in [1.54, 1.807) is 20.3 Å². The number of hydrogen-bond donors (Lipinski definition) is 2. The summed E-state index contributed by atoms with van der Waals surface area (Å²) in [6.45, 7) is 4.18. The zero-order valence-corrected chi connectivity index (χ0v) is 16.1. The van der Waals surface area contributed by atoms with Crippen LogP contribution in [0.5, 0.6) is 17.4 Å². The number of benzene rings is 1. The molecule has 0 saturated carbocycles. The van der Waals surface area contributed by atoms with Crippen LogP contribution in [0.25, 0.3) is 0 Å². The van der Waals surface area contributed by atoms with Crippen molar-refractivity contribution in [1.82, 2.24) is 9.55 Å². The summed E-state index contributed by atoms with van der Waals surface area (Å²) >= 11 is 5.15. The lowest BCUT2D eigenvalue weighted by molar-refractivity contribution is 0.371. The second-order valence-electron chi connectivity index (χ2n) is 5.81. The molecule has 1 aromatic carbocycles. The highest BCUT2D eigenvalue weighted by molar-refractivity contribution is 7.71. The molecule has 0 aliphatic carbocycles. The van der Waals surface area contributed by atoms with Crippen LogP contribution < -0.4 is 15.0 Å². The minimum atomic E-state index is -0.473. The number of aromatic nitrogens is 2. The molecule has 1 aromatic heterocycles. The lowest BCUT2D eigenvalue weighted by atomic mass is 10.2. The van der Waals surface area contributed by atoms with Crippen molar-refractivity contribution in [2.45, 2.75) is 32.9 Å². The SMILES string of the molecule is CC[C@H](C)n1c(O)c(C=NCc2cc(OC)cc(OC)c2)c(=O)[nH]c1=S. The van der Waals surface area contributed by atoms with Crippen LogP contribution in [0, 0.1) is 4.77 Å². The third kappa shape index (κ3) is 4.32. The predicted molar refractivity (Wildman–Crippen MR) is 103 cm³/mol. The van der Waals surface area contributed by atoms with E-state index in [0.29, 0.717) is 18.0 Å². The topological polar surface area (TPSA) is 88.8 Å². The fourth-order valence-corrected chi connectivity index (χ4v) is 2.82. The van der Waals surface area contributed by atoms with Gasteiger partial charge in [-0.3, -0.25) is 19.3 Å². The maximum absolute atomic E-state index is 12.1. The van der Waals surface area contributed by atoms with Crippen molar-refractivity contribution in [2.24, 2.45) is 4.99 Å². The number of nitrogens with zero attached hydrogens (tertiary/aromatic N) is 2. The number of aromatic hydroxyl groups is 1. The number of nitrogens with one attached hydrogen (secondary N) is 1. The third-order valence-electron chi connectivity index (χ3n) is 4.09. The van der Waals surface area contributed by atoms with Crippen LogP contribution in [0.3, 0.4) is 0 Å². The number of ether oxygens (including phenoxy) is 2. The number of rotatable bonds is 7. The zero-order valence-electron chi connectivity index (χ0n) is 15.3. The van der Waals surface area contributed by atoms with E-state index in [1.807, 2.05) is 26.0 Å². The molecule has 0 saturated heterocycles. The number of H-pyrrole nitrogens is 1. The van der Waals surface area contributed by atoms with Crippen molar-refractivity contribution in [1.29, 1.82) is 0 Å². The lowest BCUT2D eigenvalue weighted by Gasteiger charge is -2.16. The van der Waals surface area contributed by atoms with E-state index in [9.17, 15) is 9.90 Å². The van der Waals surface area contributed by atoms with Gasteiger partial charge in [-0.25, -0.2) is 0 Å². The molecule has 2 N–H and O–H groups in total. The van der Waals surface area contributed by atoms with E-state index in [0.717, 1.165) is 12.0 Å². The van der Waals surface area contributed by atoms with Gasteiger partial charge in [0, 0.05) is 18.3 Å². The Kier molecular flexibility index (Phi) is 6.57. The Hall–Kier alpha value is -2.61. The summed E-state index contributed by atoms with van der Waals surface area (Å²) in [4.78, 5) is 19.0. The van der Waals surface area contributed by atoms with Gasteiger partial charge in [-0.1, -0.05) is 6.92 Å². The number of hydrogen-bond acceptors (Lipinski definition) is 6. The normalized spacial score (nSPS) is 12.3. The van der Waals surface area contributed by atoms with Crippen LogP contribution in [-0.4, -0.2) is 35.1 Å². The van der Waals surface area contributed by atoms with Crippen molar-refractivity contribution < 1.29 is 14.6 Å². The average molecular weight is 377 g/mol. The summed E-state index contributed by atoms with van der Waals surface area (Å²) in [5.41, 5.74) is 0.454. The molecule has 0 bridgehead atoms.